The van der Waals surface area contributed by atoms with Crippen LogP contribution in [0.15, 0.2) is 0 Å². The molecule has 0 aliphatic rings. The fourth-order valence-electron chi connectivity index (χ4n) is 0.886. The van der Waals surface area contributed by atoms with Gasteiger partial charge in [-0.3, -0.25) is 15.0 Å². The van der Waals surface area contributed by atoms with Gasteiger partial charge in [0.05, 0.1) is 0 Å². The number of nitrogens with one attached hydrogen (secondary N) is 1. The molecular formula is C8H14N2O3S. The van der Waals surface area contributed by atoms with Crippen molar-refractivity contribution in [1.29, 1.82) is 5.41 Å². The Bertz CT molecular complexity index is 243. The molecule has 5 nitrogen and oxygen atoms in total. The standard InChI is InChI=1S/C8H14N2O3S/c1-2-3-4-6(12)10(8(9)14)7(13)5-11/h11H,2-5H2,1H3,(H2,9,14). The first-order valence-corrected chi connectivity index (χ1v) is 4.73. The van der Waals surface area contributed by atoms with E-state index < -0.39 is 23.6 Å². The zero-order valence-electron chi connectivity index (χ0n) is 7.99. The van der Waals surface area contributed by atoms with Crippen LogP contribution in [0.1, 0.15) is 26.2 Å². The number of hydrogen-bond acceptors (Lipinski definition) is 4. The Balaban J connectivity index is 4.42. The lowest BCUT2D eigenvalue weighted by molar-refractivity contribution is -0.141. The number of rotatable bonds is 4. The molecule has 0 saturated carbocycles. The van der Waals surface area contributed by atoms with E-state index in [0.717, 1.165) is 6.42 Å². The molecule has 0 bridgehead atoms. The highest BCUT2D eigenvalue weighted by Crippen LogP contribution is 2.03. The van der Waals surface area contributed by atoms with Crippen LogP contribution in [0.3, 0.4) is 0 Å². The summed E-state index contributed by atoms with van der Waals surface area (Å²) >= 11 is 3.60. The second-order valence-electron chi connectivity index (χ2n) is 2.71. The van der Waals surface area contributed by atoms with Gasteiger partial charge in [-0.2, -0.15) is 0 Å². The van der Waals surface area contributed by atoms with E-state index in [1.54, 1.807) is 0 Å². The van der Waals surface area contributed by atoms with Gasteiger partial charge in [0, 0.05) is 6.42 Å². The summed E-state index contributed by atoms with van der Waals surface area (Å²) in [6.45, 7) is 1.12. The molecule has 0 aromatic heterocycles. The maximum Gasteiger partial charge on any atom is 0.261 e. The van der Waals surface area contributed by atoms with Crippen LogP contribution in [-0.2, 0) is 9.59 Å². The summed E-state index contributed by atoms with van der Waals surface area (Å²) < 4.78 is 0. The summed E-state index contributed by atoms with van der Waals surface area (Å²) in [5.74, 6) is -1.31. The quantitative estimate of drug-likeness (QED) is 0.362. The average Bonchev–Trinajstić information content (AvgIpc) is 2.14. The van der Waals surface area contributed by atoms with E-state index in [9.17, 15) is 9.59 Å². The summed E-state index contributed by atoms with van der Waals surface area (Å²) in [7, 11) is 0. The first-order valence-electron chi connectivity index (χ1n) is 4.28. The van der Waals surface area contributed by atoms with Crippen molar-refractivity contribution in [3.63, 3.8) is 0 Å². The van der Waals surface area contributed by atoms with Gasteiger partial charge in [-0.1, -0.05) is 13.3 Å². The van der Waals surface area contributed by atoms with Gasteiger partial charge in [0.1, 0.15) is 6.61 Å². The fraction of sp³-hybridized carbons (Fsp3) is 0.625. The van der Waals surface area contributed by atoms with Crippen molar-refractivity contribution in [1.82, 2.24) is 4.90 Å². The molecule has 0 aromatic rings. The normalized spacial score (nSPS) is 9.64. The maximum absolute atomic E-state index is 11.3. The summed E-state index contributed by atoms with van der Waals surface area (Å²) in [5, 5.41) is 15.2. The Labute approximate surface area is 88.0 Å². The van der Waals surface area contributed by atoms with Crippen molar-refractivity contribution in [2.24, 2.45) is 0 Å². The van der Waals surface area contributed by atoms with Crippen LogP contribution in [0.4, 0.5) is 0 Å². The van der Waals surface area contributed by atoms with E-state index in [1.807, 2.05) is 6.92 Å². The Morgan fingerprint density at radius 3 is 2.36 bits per heavy atom. The minimum absolute atomic E-state index is 0.186. The van der Waals surface area contributed by atoms with Crippen molar-refractivity contribution < 1.29 is 14.7 Å². The third-order valence-electron chi connectivity index (χ3n) is 1.59. The number of aliphatic hydroxyl groups excluding tert-OH is 1. The van der Waals surface area contributed by atoms with Gasteiger partial charge >= 0.3 is 0 Å². The molecule has 0 aliphatic heterocycles. The van der Waals surface area contributed by atoms with Gasteiger partial charge in [0.25, 0.3) is 5.91 Å². The molecule has 0 radical (unpaired) electrons. The van der Waals surface area contributed by atoms with E-state index in [2.05, 4.69) is 12.6 Å². The molecule has 80 valence electrons. The Morgan fingerprint density at radius 2 is 2.00 bits per heavy atom. The number of carbonyl (C=O) groups excluding carboxylic acids is 2. The molecule has 0 unspecified atom stereocenters. The molecule has 0 saturated heterocycles. The zero-order valence-corrected chi connectivity index (χ0v) is 8.88. The number of carbonyl (C=O) groups is 2. The third-order valence-corrected chi connectivity index (χ3v) is 1.79. The average molecular weight is 218 g/mol. The fourth-order valence-corrected chi connectivity index (χ4v) is 1.11. The van der Waals surface area contributed by atoms with Gasteiger partial charge < -0.3 is 5.11 Å². The number of unbranched alkanes of at least 4 members (excludes halogenated alkanes) is 1. The molecule has 0 rings (SSSR count). The predicted octanol–water partition coefficient (Wildman–Crippen LogP) is 0.389. The van der Waals surface area contributed by atoms with Crippen LogP contribution in [-0.4, -0.2) is 33.6 Å². The van der Waals surface area contributed by atoms with Gasteiger partial charge in [0.2, 0.25) is 5.91 Å². The highest BCUT2D eigenvalue weighted by molar-refractivity contribution is 7.96. The van der Waals surface area contributed by atoms with Crippen LogP contribution >= 0.6 is 12.6 Å². The first-order chi connectivity index (χ1) is 6.54. The maximum atomic E-state index is 11.3. The Kier molecular flexibility index (Phi) is 6.14. The molecule has 14 heavy (non-hydrogen) atoms. The summed E-state index contributed by atoms with van der Waals surface area (Å²) in [6, 6.07) is 0. The van der Waals surface area contributed by atoms with Crippen LogP contribution in [0, 0.1) is 5.41 Å². The minimum atomic E-state index is -0.814. The van der Waals surface area contributed by atoms with Gasteiger partial charge in [-0.15, -0.1) is 12.6 Å². The summed E-state index contributed by atoms with van der Waals surface area (Å²) in [5.41, 5.74) is 0. The minimum Gasteiger partial charge on any atom is -0.387 e. The number of nitrogens with zero attached hydrogens (tertiary/aromatic N) is 1. The SMILES string of the molecule is CCCCC(=O)N(C(=N)S)C(=O)CO. The smallest absolute Gasteiger partial charge is 0.261 e. The highest BCUT2D eigenvalue weighted by atomic mass is 32.1. The number of aliphatic hydroxyl groups is 1. The lowest BCUT2D eigenvalue weighted by Gasteiger charge is -2.16. The van der Waals surface area contributed by atoms with Gasteiger partial charge in [-0.05, 0) is 6.42 Å². The topological polar surface area (TPSA) is 81.5 Å². The lowest BCUT2D eigenvalue weighted by atomic mass is 10.2. The molecule has 0 atom stereocenters. The number of imide groups is 1. The van der Waals surface area contributed by atoms with Crippen LogP contribution in [0.25, 0.3) is 0 Å². The van der Waals surface area contributed by atoms with E-state index in [-0.39, 0.29) is 6.42 Å². The second-order valence-corrected chi connectivity index (χ2v) is 3.13. The van der Waals surface area contributed by atoms with Crippen molar-refractivity contribution >= 4 is 29.6 Å². The molecule has 6 heteroatoms. The van der Waals surface area contributed by atoms with Gasteiger partial charge in [-0.25, -0.2) is 4.90 Å². The third kappa shape index (κ3) is 3.89. The molecule has 2 amide bonds. The van der Waals surface area contributed by atoms with Crippen LogP contribution < -0.4 is 0 Å². The van der Waals surface area contributed by atoms with Crippen LogP contribution in [0.2, 0.25) is 0 Å². The molecule has 2 N–H and O–H groups in total. The molecule has 0 fully saturated rings. The largest absolute Gasteiger partial charge is 0.387 e. The number of thiol groups is 1. The summed E-state index contributed by atoms with van der Waals surface area (Å²) in [6.07, 6.45) is 1.66. The molecule has 0 aromatic carbocycles. The Morgan fingerprint density at radius 1 is 1.43 bits per heavy atom. The number of amidine groups is 1. The van der Waals surface area contributed by atoms with Gasteiger partial charge in [0.15, 0.2) is 5.17 Å². The molecule has 0 aliphatic carbocycles. The van der Waals surface area contributed by atoms with E-state index in [1.165, 1.54) is 0 Å². The van der Waals surface area contributed by atoms with Crippen molar-refractivity contribution in [3.05, 3.63) is 0 Å². The van der Waals surface area contributed by atoms with E-state index in [0.29, 0.717) is 11.3 Å². The van der Waals surface area contributed by atoms with Crippen molar-refractivity contribution in [2.75, 3.05) is 6.61 Å². The highest BCUT2D eigenvalue weighted by Gasteiger charge is 2.22. The van der Waals surface area contributed by atoms with E-state index >= 15 is 0 Å². The molecule has 0 spiro atoms. The molecule has 0 heterocycles. The Hall–Kier alpha value is -0.880. The second kappa shape index (κ2) is 6.56. The van der Waals surface area contributed by atoms with Crippen LogP contribution in [0.5, 0.6) is 0 Å². The first kappa shape index (κ1) is 13.1. The zero-order chi connectivity index (χ0) is 11.1. The monoisotopic (exact) mass is 218 g/mol. The van der Waals surface area contributed by atoms with E-state index in [4.69, 9.17) is 10.5 Å². The lowest BCUT2D eigenvalue weighted by Crippen LogP contribution is -2.40. The predicted molar refractivity (Wildman–Crippen MR) is 55.2 cm³/mol. The summed E-state index contributed by atoms with van der Waals surface area (Å²) in [4.78, 5) is 23.0. The van der Waals surface area contributed by atoms with Crippen molar-refractivity contribution in [3.8, 4) is 0 Å². The molecular weight excluding hydrogens is 204 g/mol. The number of hydrogen-bond donors (Lipinski definition) is 3. The van der Waals surface area contributed by atoms with Crippen molar-refractivity contribution in [2.45, 2.75) is 26.2 Å². The number of amides is 2.